The van der Waals surface area contributed by atoms with Gasteiger partial charge in [-0.15, -0.1) is 0 Å². The van der Waals surface area contributed by atoms with Crippen molar-refractivity contribution >= 4 is 5.97 Å². The molecule has 110 valence electrons. The molecule has 21 heavy (non-hydrogen) atoms. The van der Waals surface area contributed by atoms with Crippen LogP contribution in [0.4, 0.5) is 0 Å². The lowest BCUT2D eigenvalue weighted by atomic mass is 10.1. The van der Waals surface area contributed by atoms with Gasteiger partial charge >= 0.3 is 5.97 Å². The van der Waals surface area contributed by atoms with E-state index in [1.54, 1.807) is 0 Å². The number of carbonyl (C=O) groups excluding carboxylic acids is 1. The normalized spacial score (nSPS) is 10.3. The molecule has 3 heteroatoms. The van der Waals surface area contributed by atoms with Crippen molar-refractivity contribution in [1.29, 1.82) is 0 Å². The lowest BCUT2D eigenvalue weighted by Crippen LogP contribution is -2.06. The highest BCUT2D eigenvalue weighted by Gasteiger charge is 2.10. The molecular weight excluding hydrogens is 264 g/mol. The molecule has 2 rings (SSSR count). The van der Waals surface area contributed by atoms with Gasteiger partial charge in [0.15, 0.2) is 0 Å². The first-order valence-electron chi connectivity index (χ1n) is 6.89. The summed E-state index contributed by atoms with van der Waals surface area (Å²) in [5.41, 5.74) is 4.75. The molecule has 0 fully saturated rings. The summed E-state index contributed by atoms with van der Waals surface area (Å²) in [7, 11) is 1.39. The van der Waals surface area contributed by atoms with E-state index in [2.05, 4.69) is 13.0 Å². The third kappa shape index (κ3) is 3.63. The van der Waals surface area contributed by atoms with Crippen molar-refractivity contribution in [3.05, 3.63) is 64.2 Å². The monoisotopic (exact) mass is 284 g/mol. The van der Waals surface area contributed by atoms with Crippen LogP contribution in [0.25, 0.3) is 0 Å². The fourth-order valence-electron chi connectivity index (χ4n) is 2.21. The average Bonchev–Trinajstić information content (AvgIpc) is 2.47. The van der Waals surface area contributed by atoms with E-state index >= 15 is 0 Å². The summed E-state index contributed by atoms with van der Waals surface area (Å²) in [6, 6.07) is 11.8. The van der Waals surface area contributed by atoms with Gasteiger partial charge in [-0.05, 0) is 49.6 Å². The van der Waals surface area contributed by atoms with Crippen molar-refractivity contribution < 1.29 is 14.3 Å². The first-order chi connectivity index (χ1) is 10.0. The van der Waals surface area contributed by atoms with E-state index in [0.717, 1.165) is 22.4 Å². The second kappa shape index (κ2) is 6.44. The third-order valence-electron chi connectivity index (χ3n) is 3.43. The Morgan fingerprint density at radius 2 is 1.76 bits per heavy atom. The second-order valence-electron chi connectivity index (χ2n) is 5.20. The minimum absolute atomic E-state index is 0.319. The summed E-state index contributed by atoms with van der Waals surface area (Å²) in [6.45, 7) is 6.39. The van der Waals surface area contributed by atoms with Gasteiger partial charge in [0.1, 0.15) is 12.4 Å². The Labute approximate surface area is 125 Å². The van der Waals surface area contributed by atoms with Crippen molar-refractivity contribution in [2.24, 2.45) is 0 Å². The Kier molecular flexibility index (Phi) is 4.63. The standard InChI is InChI=1S/C18H20O3/c1-12-5-8-17(14(3)9-12)21-11-15-7-6-13(2)16(10-15)18(19)20-4/h5-10H,11H2,1-4H3. The van der Waals surface area contributed by atoms with Gasteiger partial charge in [0.25, 0.3) is 0 Å². The molecule has 0 unspecified atom stereocenters. The number of hydrogen-bond donors (Lipinski definition) is 0. The van der Waals surface area contributed by atoms with Crippen LogP contribution in [-0.4, -0.2) is 13.1 Å². The first-order valence-corrected chi connectivity index (χ1v) is 6.89. The summed E-state index contributed by atoms with van der Waals surface area (Å²) in [4.78, 5) is 11.7. The Morgan fingerprint density at radius 1 is 1.00 bits per heavy atom. The van der Waals surface area contributed by atoms with Crippen molar-refractivity contribution in [3.63, 3.8) is 0 Å². The van der Waals surface area contributed by atoms with Gasteiger partial charge < -0.3 is 9.47 Å². The minimum atomic E-state index is -0.319. The maximum absolute atomic E-state index is 11.7. The first kappa shape index (κ1) is 15.1. The van der Waals surface area contributed by atoms with Gasteiger partial charge in [-0.25, -0.2) is 4.79 Å². The molecule has 3 nitrogen and oxygen atoms in total. The van der Waals surface area contributed by atoms with Crippen LogP contribution >= 0.6 is 0 Å². The van der Waals surface area contributed by atoms with Crippen LogP contribution in [0.15, 0.2) is 36.4 Å². The molecule has 0 bridgehead atoms. The highest BCUT2D eigenvalue weighted by molar-refractivity contribution is 5.91. The molecule has 0 aliphatic carbocycles. The fraction of sp³-hybridized carbons (Fsp3) is 0.278. The summed E-state index contributed by atoms with van der Waals surface area (Å²) in [5.74, 6) is 0.543. The summed E-state index contributed by atoms with van der Waals surface area (Å²) >= 11 is 0. The molecule has 0 spiro atoms. The van der Waals surface area contributed by atoms with Gasteiger partial charge in [-0.2, -0.15) is 0 Å². The molecule has 0 heterocycles. The van der Waals surface area contributed by atoms with Crippen molar-refractivity contribution in [3.8, 4) is 5.75 Å². The quantitative estimate of drug-likeness (QED) is 0.797. The smallest absolute Gasteiger partial charge is 0.338 e. The van der Waals surface area contributed by atoms with Crippen molar-refractivity contribution in [2.75, 3.05) is 7.11 Å². The predicted molar refractivity (Wildman–Crippen MR) is 82.8 cm³/mol. The molecule has 0 saturated carbocycles. The summed E-state index contributed by atoms with van der Waals surface area (Å²) < 4.78 is 10.6. The van der Waals surface area contributed by atoms with Crippen LogP contribution in [0, 0.1) is 20.8 Å². The summed E-state index contributed by atoms with van der Waals surface area (Å²) in [5, 5.41) is 0. The molecule has 2 aromatic rings. The molecule has 0 atom stereocenters. The van der Waals surface area contributed by atoms with Gasteiger partial charge in [-0.3, -0.25) is 0 Å². The van der Waals surface area contributed by atoms with Gasteiger partial charge in [0, 0.05) is 0 Å². The molecule has 0 aromatic heterocycles. The zero-order valence-electron chi connectivity index (χ0n) is 12.9. The Morgan fingerprint density at radius 3 is 2.43 bits per heavy atom. The zero-order valence-corrected chi connectivity index (χ0v) is 12.9. The minimum Gasteiger partial charge on any atom is -0.489 e. The van der Waals surface area contributed by atoms with Gasteiger partial charge in [0.05, 0.1) is 12.7 Å². The molecule has 0 saturated heterocycles. The summed E-state index contributed by atoms with van der Waals surface area (Å²) in [6.07, 6.45) is 0. The van der Waals surface area contributed by atoms with Crippen molar-refractivity contribution in [2.45, 2.75) is 27.4 Å². The number of benzene rings is 2. The molecule has 0 N–H and O–H groups in total. The number of hydrogen-bond acceptors (Lipinski definition) is 3. The molecule has 0 radical (unpaired) electrons. The number of carbonyl (C=O) groups is 1. The molecule has 0 aliphatic rings. The SMILES string of the molecule is COC(=O)c1cc(COc2ccc(C)cc2C)ccc1C. The van der Waals surface area contributed by atoms with E-state index in [0.29, 0.717) is 12.2 Å². The van der Waals surface area contributed by atoms with E-state index in [1.165, 1.54) is 12.7 Å². The van der Waals surface area contributed by atoms with Crippen LogP contribution < -0.4 is 4.74 Å². The van der Waals surface area contributed by atoms with Crippen LogP contribution in [0.1, 0.15) is 32.6 Å². The number of methoxy groups -OCH3 is 1. The maximum atomic E-state index is 11.7. The lowest BCUT2D eigenvalue weighted by molar-refractivity contribution is 0.0599. The Hall–Kier alpha value is -2.29. The second-order valence-corrected chi connectivity index (χ2v) is 5.20. The molecular formula is C18H20O3. The van der Waals surface area contributed by atoms with Crippen molar-refractivity contribution in [1.82, 2.24) is 0 Å². The Balaban J connectivity index is 2.15. The van der Waals surface area contributed by atoms with Crippen LogP contribution in [0.3, 0.4) is 0 Å². The number of esters is 1. The van der Waals surface area contributed by atoms with E-state index in [4.69, 9.17) is 9.47 Å². The van der Waals surface area contributed by atoms with Gasteiger partial charge in [0.2, 0.25) is 0 Å². The largest absolute Gasteiger partial charge is 0.489 e. The zero-order chi connectivity index (χ0) is 15.4. The highest BCUT2D eigenvalue weighted by atomic mass is 16.5. The van der Waals surface area contributed by atoms with Crippen LogP contribution in [0.2, 0.25) is 0 Å². The number of aryl methyl sites for hydroxylation is 3. The predicted octanol–water partition coefficient (Wildman–Crippen LogP) is 3.98. The average molecular weight is 284 g/mol. The van der Waals surface area contributed by atoms with E-state index in [1.807, 2.05) is 44.2 Å². The van der Waals surface area contributed by atoms with E-state index in [-0.39, 0.29) is 5.97 Å². The topological polar surface area (TPSA) is 35.5 Å². The van der Waals surface area contributed by atoms with Crippen LogP contribution in [-0.2, 0) is 11.3 Å². The number of ether oxygens (including phenoxy) is 2. The molecule has 0 aliphatic heterocycles. The highest BCUT2D eigenvalue weighted by Crippen LogP contribution is 2.21. The number of rotatable bonds is 4. The fourth-order valence-corrected chi connectivity index (χ4v) is 2.21. The third-order valence-corrected chi connectivity index (χ3v) is 3.43. The molecule has 0 amide bonds. The molecule has 2 aromatic carbocycles. The van der Waals surface area contributed by atoms with Crippen LogP contribution in [0.5, 0.6) is 5.75 Å². The maximum Gasteiger partial charge on any atom is 0.338 e. The van der Waals surface area contributed by atoms with Gasteiger partial charge in [-0.1, -0.05) is 29.8 Å². The van der Waals surface area contributed by atoms with E-state index in [9.17, 15) is 4.79 Å². The lowest BCUT2D eigenvalue weighted by Gasteiger charge is -2.11. The Bertz CT molecular complexity index is 660. The van der Waals surface area contributed by atoms with E-state index < -0.39 is 0 Å².